The predicted molar refractivity (Wildman–Crippen MR) is 54.8 cm³/mol. The molecule has 14 heavy (non-hydrogen) atoms. The molecule has 0 aliphatic rings. The lowest BCUT2D eigenvalue weighted by atomic mass is 10.1. The van der Waals surface area contributed by atoms with Gasteiger partial charge in [0.05, 0.1) is 0 Å². The van der Waals surface area contributed by atoms with E-state index >= 15 is 0 Å². The van der Waals surface area contributed by atoms with E-state index in [0.717, 1.165) is 16.9 Å². The molecule has 0 saturated carbocycles. The summed E-state index contributed by atoms with van der Waals surface area (Å²) >= 11 is 0. The van der Waals surface area contributed by atoms with E-state index in [1.807, 2.05) is 31.2 Å². The van der Waals surface area contributed by atoms with Crippen molar-refractivity contribution in [1.82, 2.24) is 0 Å². The molecule has 0 aromatic heterocycles. The zero-order chi connectivity index (χ0) is 10.6. The number of hydrogen-bond donors (Lipinski definition) is 1. The molecule has 74 valence electrons. The Labute approximate surface area is 84.1 Å². The first kappa shape index (κ1) is 10.6. The van der Waals surface area contributed by atoms with Gasteiger partial charge in [-0.15, -0.1) is 0 Å². The SMILES string of the molecule is Cc1ccc(CN)cc1OC(C)C#N. The van der Waals surface area contributed by atoms with Crippen LogP contribution in [-0.4, -0.2) is 6.10 Å². The second-order valence-corrected chi connectivity index (χ2v) is 3.19. The zero-order valence-electron chi connectivity index (χ0n) is 8.45. The molecule has 0 heterocycles. The smallest absolute Gasteiger partial charge is 0.181 e. The molecule has 1 atom stereocenters. The summed E-state index contributed by atoms with van der Waals surface area (Å²) in [7, 11) is 0. The minimum absolute atomic E-state index is 0.429. The highest BCUT2D eigenvalue weighted by Crippen LogP contribution is 2.20. The van der Waals surface area contributed by atoms with Crippen molar-refractivity contribution in [3.05, 3.63) is 29.3 Å². The molecule has 0 saturated heterocycles. The van der Waals surface area contributed by atoms with E-state index in [1.165, 1.54) is 0 Å². The average molecular weight is 190 g/mol. The van der Waals surface area contributed by atoms with Crippen LogP contribution in [0.15, 0.2) is 18.2 Å². The standard InChI is InChI=1S/C11H14N2O/c1-8-3-4-10(7-13)5-11(8)14-9(2)6-12/h3-5,9H,7,13H2,1-2H3. The van der Waals surface area contributed by atoms with Gasteiger partial charge in [-0.3, -0.25) is 0 Å². The van der Waals surface area contributed by atoms with Crippen LogP contribution in [0.3, 0.4) is 0 Å². The van der Waals surface area contributed by atoms with Crippen LogP contribution < -0.4 is 10.5 Å². The minimum atomic E-state index is -0.429. The third-order valence-electron chi connectivity index (χ3n) is 1.97. The molecule has 0 spiro atoms. The largest absolute Gasteiger partial charge is 0.476 e. The molecule has 1 aromatic carbocycles. The first-order valence-corrected chi connectivity index (χ1v) is 4.53. The summed E-state index contributed by atoms with van der Waals surface area (Å²) in [5, 5.41) is 8.61. The van der Waals surface area contributed by atoms with Crippen LogP contribution in [0.4, 0.5) is 0 Å². The first-order chi connectivity index (χ1) is 6.67. The molecule has 2 N–H and O–H groups in total. The van der Waals surface area contributed by atoms with E-state index in [2.05, 4.69) is 0 Å². The number of benzene rings is 1. The Morgan fingerprint density at radius 3 is 2.86 bits per heavy atom. The third kappa shape index (κ3) is 2.48. The van der Waals surface area contributed by atoms with Gasteiger partial charge in [-0.1, -0.05) is 12.1 Å². The molecule has 0 bridgehead atoms. The fraction of sp³-hybridized carbons (Fsp3) is 0.364. The summed E-state index contributed by atoms with van der Waals surface area (Å²) in [5.74, 6) is 0.738. The Hall–Kier alpha value is -1.53. The van der Waals surface area contributed by atoms with Crippen molar-refractivity contribution in [1.29, 1.82) is 5.26 Å². The molecule has 1 unspecified atom stereocenters. The Bertz CT molecular complexity index is 355. The van der Waals surface area contributed by atoms with E-state index in [0.29, 0.717) is 6.54 Å². The predicted octanol–water partition coefficient (Wildman–Crippen LogP) is 1.74. The highest BCUT2D eigenvalue weighted by Gasteiger charge is 2.05. The van der Waals surface area contributed by atoms with Crippen LogP contribution >= 0.6 is 0 Å². The molecule has 0 fully saturated rings. The molecule has 0 aliphatic carbocycles. The van der Waals surface area contributed by atoms with Gasteiger partial charge in [-0.2, -0.15) is 5.26 Å². The van der Waals surface area contributed by atoms with Crippen molar-refractivity contribution in [2.75, 3.05) is 0 Å². The summed E-state index contributed by atoms with van der Waals surface area (Å²) in [6.07, 6.45) is -0.429. The van der Waals surface area contributed by atoms with Crippen molar-refractivity contribution >= 4 is 0 Å². The monoisotopic (exact) mass is 190 g/mol. The lowest BCUT2D eigenvalue weighted by molar-refractivity contribution is 0.274. The molecule has 0 aliphatic heterocycles. The zero-order valence-corrected chi connectivity index (χ0v) is 8.45. The van der Waals surface area contributed by atoms with Crippen LogP contribution in [0.2, 0.25) is 0 Å². The molecule has 0 amide bonds. The lowest BCUT2D eigenvalue weighted by Gasteiger charge is -2.11. The van der Waals surface area contributed by atoms with Crippen LogP contribution in [0.1, 0.15) is 18.1 Å². The molecular formula is C11H14N2O. The second-order valence-electron chi connectivity index (χ2n) is 3.19. The van der Waals surface area contributed by atoms with Crippen molar-refractivity contribution < 1.29 is 4.74 Å². The molecule has 3 nitrogen and oxygen atoms in total. The number of hydrogen-bond acceptors (Lipinski definition) is 3. The maximum atomic E-state index is 8.61. The van der Waals surface area contributed by atoms with Crippen molar-refractivity contribution in [3.63, 3.8) is 0 Å². The Morgan fingerprint density at radius 2 is 2.29 bits per heavy atom. The molecular weight excluding hydrogens is 176 g/mol. The number of ether oxygens (including phenoxy) is 1. The number of nitrogens with two attached hydrogens (primary N) is 1. The second kappa shape index (κ2) is 4.64. The van der Waals surface area contributed by atoms with Crippen molar-refractivity contribution in [2.45, 2.75) is 26.5 Å². The van der Waals surface area contributed by atoms with Crippen LogP contribution in [0, 0.1) is 18.3 Å². The Morgan fingerprint density at radius 1 is 1.57 bits per heavy atom. The van der Waals surface area contributed by atoms with E-state index in [9.17, 15) is 0 Å². The lowest BCUT2D eigenvalue weighted by Crippen LogP contribution is -2.09. The minimum Gasteiger partial charge on any atom is -0.476 e. The normalized spacial score (nSPS) is 11.9. The maximum absolute atomic E-state index is 8.61. The highest BCUT2D eigenvalue weighted by molar-refractivity contribution is 5.36. The number of aryl methyl sites for hydroxylation is 1. The van der Waals surface area contributed by atoms with Crippen LogP contribution in [0.5, 0.6) is 5.75 Å². The number of nitrogens with zero attached hydrogens (tertiary/aromatic N) is 1. The number of rotatable bonds is 3. The van der Waals surface area contributed by atoms with Gasteiger partial charge in [0, 0.05) is 6.54 Å². The Kier molecular flexibility index (Phi) is 3.49. The molecule has 1 rings (SSSR count). The van der Waals surface area contributed by atoms with Crippen molar-refractivity contribution in [3.8, 4) is 11.8 Å². The summed E-state index contributed by atoms with van der Waals surface area (Å²) in [5.41, 5.74) is 7.54. The van der Waals surface area contributed by atoms with E-state index < -0.39 is 6.10 Å². The molecule has 0 radical (unpaired) electrons. The van der Waals surface area contributed by atoms with Crippen LogP contribution in [-0.2, 0) is 6.54 Å². The third-order valence-corrected chi connectivity index (χ3v) is 1.97. The number of nitriles is 1. The van der Waals surface area contributed by atoms with Gasteiger partial charge in [-0.25, -0.2) is 0 Å². The summed E-state index contributed by atoms with van der Waals surface area (Å²) in [6, 6.07) is 7.81. The van der Waals surface area contributed by atoms with Gasteiger partial charge in [0.2, 0.25) is 0 Å². The Balaban J connectivity index is 2.90. The van der Waals surface area contributed by atoms with Gasteiger partial charge in [0.15, 0.2) is 6.10 Å². The van der Waals surface area contributed by atoms with Gasteiger partial charge in [0.1, 0.15) is 11.8 Å². The fourth-order valence-electron chi connectivity index (χ4n) is 1.12. The summed E-state index contributed by atoms with van der Waals surface area (Å²) in [6.45, 7) is 4.14. The highest BCUT2D eigenvalue weighted by atomic mass is 16.5. The molecule has 3 heteroatoms. The van der Waals surface area contributed by atoms with Gasteiger partial charge >= 0.3 is 0 Å². The van der Waals surface area contributed by atoms with E-state index in [1.54, 1.807) is 6.92 Å². The average Bonchev–Trinajstić information content (AvgIpc) is 2.21. The van der Waals surface area contributed by atoms with Gasteiger partial charge in [0.25, 0.3) is 0 Å². The van der Waals surface area contributed by atoms with Crippen molar-refractivity contribution in [2.24, 2.45) is 5.73 Å². The summed E-state index contributed by atoms with van der Waals surface area (Å²) < 4.78 is 5.42. The van der Waals surface area contributed by atoms with E-state index in [4.69, 9.17) is 15.7 Å². The quantitative estimate of drug-likeness (QED) is 0.789. The van der Waals surface area contributed by atoms with Crippen LogP contribution in [0.25, 0.3) is 0 Å². The summed E-state index contributed by atoms with van der Waals surface area (Å²) in [4.78, 5) is 0. The first-order valence-electron chi connectivity index (χ1n) is 4.53. The molecule has 1 aromatic rings. The van der Waals surface area contributed by atoms with Gasteiger partial charge < -0.3 is 10.5 Å². The maximum Gasteiger partial charge on any atom is 0.181 e. The van der Waals surface area contributed by atoms with Gasteiger partial charge in [-0.05, 0) is 31.0 Å². The topological polar surface area (TPSA) is 59.0 Å². The van der Waals surface area contributed by atoms with E-state index in [-0.39, 0.29) is 0 Å². The fourth-order valence-corrected chi connectivity index (χ4v) is 1.12.